The van der Waals surface area contributed by atoms with E-state index in [2.05, 4.69) is 41.5 Å². The van der Waals surface area contributed by atoms with Crippen LogP contribution >= 0.6 is 15.9 Å². The number of tetrazole rings is 1. The molecule has 2 rings (SSSR count). The highest BCUT2D eigenvalue weighted by molar-refractivity contribution is 9.10. The van der Waals surface area contributed by atoms with Crippen LogP contribution in [0.4, 0.5) is 5.95 Å². The third kappa shape index (κ3) is 2.18. The van der Waals surface area contributed by atoms with E-state index in [-0.39, 0.29) is 0 Å². The summed E-state index contributed by atoms with van der Waals surface area (Å²) < 4.78 is 3.34. The van der Waals surface area contributed by atoms with E-state index < -0.39 is 10.9 Å². The molecule has 0 fully saturated rings. The van der Waals surface area contributed by atoms with Crippen molar-refractivity contribution in [2.45, 2.75) is 13.1 Å². The molecule has 0 aliphatic carbocycles. The summed E-state index contributed by atoms with van der Waals surface area (Å²) in [4.78, 5) is 13.2. The highest BCUT2D eigenvalue weighted by atomic mass is 79.9. The maximum Gasteiger partial charge on any atom is 0.490 e. The average Bonchev–Trinajstić information content (AvgIpc) is 2.83. The summed E-state index contributed by atoms with van der Waals surface area (Å²) in [5.41, 5.74) is 0. The van der Waals surface area contributed by atoms with E-state index in [1.54, 1.807) is 0 Å². The molecule has 11 heteroatoms. The number of rotatable bonds is 4. The standard InChI is InChI=1S/C5H5BrN8O2/c6-4-8-10-11-13(4)2-1-12-3-7-5(9-12)14(15)16/h3H,1-2H2. The number of nitrogens with zero attached hydrogens (tertiary/aromatic N) is 8. The van der Waals surface area contributed by atoms with Crippen molar-refractivity contribution in [2.24, 2.45) is 0 Å². The van der Waals surface area contributed by atoms with Crippen molar-refractivity contribution in [3.05, 3.63) is 21.2 Å². The molecule has 0 atom stereocenters. The Labute approximate surface area is 96.5 Å². The summed E-state index contributed by atoms with van der Waals surface area (Å²) >= 11 is 3.14. The van der Waals surface area contributed by atoms with Gasteiger partial charge in [-0.25, -0.2) is 4.68 Å². The lowest BCUT2D eigenvalue weighted by molar-refractivity contribution is -0.394. The molecular formula is C5H5BrN8O2. The van der Waals surface area contributed by atoms with E-state index in [1.807, 2.05) is 0 Å². The third-order valence-electron chi connectivity index (χ3n) is 1.72. The second-order valence-electron chi connectivity index (χ2n) is 2.74. The molecule has 84 valence electrons. The van der Waals surface area contributed by atoms with Gasteiger partial charge in [0.1, 0.15) is 0 Å². The fourth-order valence-electron chi connectivity index (χ4n) is 1.00. The third-order valence-corrected chi connectivity index (χ3v) is 2.28. The van der Waals surface area contributed by atoms with Crippen molar-refractivity contribution in [1.29, 1.82) is 0 Å². The van der Waals surface area contributed by atoms with Crippen LogP contribution in [-0.4, -0.2) is 39.9 Å². The molecule has 10 nitrogen and oxygen atoms in total. The lowest BCUT2D eigenvalue weighted by Gasteiger charge is -1.97. The molecule has 2 aromatic rings. The Morgan fingerprint density at radius 3 is 2.88 bits per heavy atom. The molecule has 0 bridgehead atoms. The molecule has 0 aliphatic rings. The van der Waals surface area contributed by atoms with Gasteiger partial charge in [0.2, 0.25) is 11.1 Å². The number of aromatic nitrogens is 7. The minimum absolute atomic E-state index is 0.393. The Hall–Kier alpha value is -1.91. The summed E-state index contributed by atoms with van der Waals surface area (Å²) in [6, 6.07) is 0. The summed E-state index contributed by atoms with van der Waals surface area (Å²) in [7, 11) is 0. The number of halogens is 1. The highest BCUT2D eigenvalue weighted by Crippen LogP contribution is 2.03. The predicted octanol–water partition coefficient (Wildman–Crippen LogP) is -0.365. The summed E-state index contributed by atoms with van der Waals surface area (Å²) in [6.45, 7) is 0.832. The van der Waals surface area contributed by atoms with Crippen LogP contribution in [0.1, 0.15) is 0 Å². The van der Waals surface area contributed by atoms with E-state index in [4.69, 9.17) is 0 Å². The van der Waals surface area contributed by atoms with Crippen LogP contribution in [0.25, 0.3) is 0 Å². The number of aryl methyl sites for hydroxylation is 2. The van der Waals surface area contributed by atoms with Crippen LogP contribution in [0.15, 0.2) is 11.1 Å². The second-order valence-corrected chi connectivity index (χ2v) is 3.45. The highest BCUT2D eigenvalue weighted by Gasteiger charge is 2.13. The first-order valence-electron chi connectivity index (χ1n) is 4.12. The van der Waals surface area contributed by atoms with E-state index in [9.17, 15) is 10.1 Å². The van der Waals surface area contributed by atoms with Gasteiger partial charge in [0.25, 0.3) is 0 Å². The molecule has 0 aliphatic heterocycles. The minimum Gasteiger partial charge on any atom is -0.390 e. The van der Waals surface area contributed by atoms with Gasteiger partial charge in [0.15, 0.2) is 0 Å². The SMILES string of the molecule is O=[N+]([O-])c1ncn(CCn2nnnc2Br)n1. The zero-order valence-corrected chi connectivity index (χ0v) is 9.35. The Morgan fingerprint density at radius 2 is 2.31 bits per heavy atom. The van der Waals surface area contributed by atoms with E-state index in [0.29, 0.717) is 17.8 Å². The lowest BCUT2D eigenvalue weighted by atomic mass is 10.6. The first-order valence-corrected chi connectivity index (χ1v) is 4.91. The average molecular weight is 289 g/mol. The van der Waals surface area contributed by atoms with Gasteiger partial charge in [-0.3, -0.25) is 0 Å². The van der Waals surface area contributed by atoms with Crippen molar-refractivity contribution in [2.75, 3.05) is 0 Å². The molecule has 0 N–H and O–H groups in total. The van der Waals surface area contributed by atoms with Gasteiger partial charge < -0.3 is 10.1 Å². The first-order chi connectivity index (χ1) is 7.66. The van der Waals surface area contributed by atoms with Gasteiger partial charge in [0, 0.05) is 5.10 Å². The smallest absolute Gasteiger partial charge is 0.390 e. The van der Waals surface area contributed by atoms with Gasteiger partial charge in [-0.15, -0.1) is 5.10 Å². The van der Waals surface area contributed by atoms with Crippen molar-refractivity contribution >= 4 is 21.9 Å². The Kier molecular flexibility index (Phi) is 2.85. The minimum atomic E-state index is -0.649. The first kappa shape index (κ1) is 10.6. The predicted molar refractivity (Wildman–Crippen MR) is 52.2 cm³/mol. The molecule has 2 heterocycles. The molecular weight excluding hydrogens is 284 g/mol. The monoisotopic (exact) mass is 288 g/mol. The molecule has 0 radical (unpaired) electrons. The molecule has 0 saturated heterocycles. The van der Waals surface area contributed by atoms with Crippen LogP contribution in [0.2, 0.25) is 0 Å². The second kappa shape index (κ2) is 4.30. The summed E-state index contributed by atoms with van der Waals surface area (Å²) in [5, 5.41) is 24.7. The molecule has 0 saturated carbocycles. The molecule has 16 heavy (non-hydrogen) atoms. The maximum absolute atomic E-state index is 10.3. The van der Waals surface area contributed by atoms with Crippen LogP contribution in [0.5, 0.6) is 0 Å². The van der Waals surface area contributed by atoms with Gasteiger partial charge in [0.05, 0.1) is 13.1 Å². The fraction of sp³-hybridized carbons (Fsp3) is 0.400. The van der Waals surface area contributed by atoms with Crippen molar-refractivity contribution in [3.63, 3.8) is 0 Å². The number of hydrogen-bond donors (Lipinski definition) is 0. The zero-order valence-electron chi connectivity index (χ0n) is 7.76. The maximum atomic E-state index is 10.3. The van der Waals surface area contributed by atoms with Crippen LogP contribution in [-0.2, 0) is 13.1 Å². The largest absolute Gasteiger partial charge is 0.490 e. The van der Waals surface area contributed by atoms with Gasteiger partial charge >= 0.3 is 5.95 Å². The van der Waals surface area contributed by atoms with Crippen molar-refractivity contribution in [1.82, 2.24) is 35.0 Å². The number of nitro groups is 1. The molecule has 0 amide bonds. The van der Waals surface area contributed by atoms with Crippen LogP contribution in [0, 0.1) is 10.1 Å². The van der Waals surface area contributed by atoms with Crippen LogP contribution < -0.4 is 0 Å². The molecule has 0 spiro atoms. The molecule has 0 aromatic carbocycles. The normalized spacial score (nSPS) is 10.6. The van der Waals surface area contributed by atoms with E-state index in [1.165, 1.54) is 15.7 Å². The summed E-state index contributed by atoms with van der Waals surface area (Å²) in [6.07, 6.45) is 1.29. The fourth-order valence-corrected chi connectivity index (χ4v) is 1.32. The van der Waals surface area contributed by atoms with Crippen molar-refractivity contribution < 1.29 is 4.92 Å². The Balaban J connectivity index is 2.00. The Morgan fingerprint density at radius 1 is 1.50 bits per heavy atom. The van der Waals surface area contributed by atoms with Gasteiger partial charge in [-0.1, -0.05) is 4.98 Å². The zero-order chi connectivity index (χ0) is 11.5. The molecule has 2 aromatic heterocycles. The van der Waals surface area contributed by atoms with Crippen molar-refractivity contribution in [3.8, 4) is 0 Å². The number of hydrogen-bond acceptors (Lipinski definition) is 7. The van der Waals surface area contributed by atoms with E-state index >= 15 is 0 Å². The topological polar surface area (TPSA) is 117 Å². The molecule has 0 unspecified atom stereocenters. The van der Waals surface area contributed by atoms with E-state index in [0.717, 1.165) is 0 Å². The quantitative estimate of drug-likeness (QED) is 0.556. The van der Waals surface area contributed by atoms with Crippen LogP contribution in [0.3, 0.4) is 0 Å². The summed E-state index contributed by atoms with van der Waals surface area (Å²) in [5.74, 6) is -0.421. The van der Waals surface area contributed by atoms with Gasteiger partial charge in [-0.05, 0) is 31.3 Å². The lowest BCUT2D eigenvalue weighted by Crippen LogP contribution is -2.09. The Bertz CT molecular complexity index is 506. The van der Waals surface area contributed by atoms with Gasteiger partial charge in [-0.2, -0.15) is 4.68 Å².